The average Bonchev–Trinajstić information content (AvgIpc) is 2.60. The standard InChI is InChI=1S/C19H20N2O3/c1-4-24-19-17(22-2)10-9-16(18(19)23-3)15(11-12-20)13-5-7-14(21)8-6-13/h5-11H,4,21H2,1-3H3/b15-11+. The number of nitriles is 1. The molecule has 0 heterocycles. The Bertz CT molecular complexity index is 774. The van der Waals surface area contributed by atoms with Crippen LogP contribution in [0.25, 0.3) is 5.57 Å². The molecule has 0 aliphatic carbocycles. The second kappa shape index (κ2) is 7.93. The third-order valence-corrected chi connectivity index (χ3v) is 3.51. The van der Waals surface area contributed by atoms with Crippen LogP contribution >= 0.6 is 0 Å². The number of ether oxygens (including phenoxy) is 3. The predicted octanol–water partition coefficient (Wildman–Crippen LogP) is 3.64. The van der Waals surface area contributed by atoms with Crippen molar-refractivity contribution in [2.45, 2.75) is 6.92 Å². The van der Waals surface area contributed by atoms with E-state index in [-0.39, 0.29) is 0 Å². The van der Waals surface area contributed by atoms with Crippen LogP contribution in [0.5, 0.6) is 17.2 Å². The summed E-state index contributed by atoms with van der Waals surface area (Å²) in [6.07, 6.45) is 1.48. The summed E-state index contributed by atoms with van der Waals surface area (Å²) in [7, 11) is 3.14. The Morgan fingerprint density at radius 3 is 2.33 bits per heavy atom. The monoisotopic (exact) mass is 324 g/mol. The molecule has 0 fully saturated rings. The van der Waals surface area contributed by atoms with Crippen molar-refractivity contribution in [1.82, 2.24) is 0 Å². The van der Waals surface area contributed by atoms with E-state index in [4.69, 9.17) is 19.9 Å². The van der Waals surface area contributed by atoms with Crippen molar-refractivity contribution in [1.29, 1.82) is 5.26 Å². The summed E-state index contributed by atoms with van der Waals surface area (Å²) in [6, 6.07) is 13.0. The van der Waals surface area contributed by atoms with Crippen molar-refractivity contribution >= 4 is 11.3 Å². The Morgan fingerprint density at radius 1 is 1.08 bits per heavy atom. The fraction of sp³-hybridized carbons (Fsp3) is 0.211. The van der Waals surface area contributed by atoms with Crippen molar-refractivity contribution in [3.8, 4) is 23.3 Å². The maximum Gasteiger partial charge on any atom is 0.204 e. The van der Waals surface area contributed by atoms with Gasteiger partial charge in [-0.1, -0.05) is 12.1 Å². The van der Waals surface area contributed by atoms with E-state index >= 15 is 0 Å². The van der Waals surface area contributed by atoms with E-state index in [0.717, 1.165) is 16.7 Å². The third kappa shape index (κ3) is 3.44. The molecule has 0 spiro atoms. The van der Waals surface area contributed by atoms with E-state index in [9.17, 15) is 5.26 Å². The maximum absolute atomic E-state index is 9.20. The Balaban J connectivity index is 2.67. The molecule has 0 unspecified atom stereocenters. The molecule has 0 atom stereocenters. The minimum absolute atomic E-state index is 0.468. The smallest absolute Gasteiger partial charge is 0.204 e. The third-order valence-electron chi connectivity index (χ3n) is 3.51. The molecule has 0 saturated carbocycles. The molecule has 5 heteroatoms. The van der Waals surface area contributed by atoms with E-state index in [1.54, 1.807) is 32.4 Å². The molecule has 24 heavy (non-hydrogen) atoms. The second-order valence-electron chi connectivity index (χ2n) is 4.92. The first-order valence-electron chi connectivity index (χ1n) is 7.50. The Kier molecular flexibility index (Phi) is 5.69. The van der Waals surface area contributed by atoms with E-state index < -0.39 is 0 Å². The molecule has 2 rings (SSSR count). The highest BCUT2D eigenvalue weighted by atomic mass is 16.5. The topological polar surface area (TPSA) is 77.5 Å². The summed E-state index contributed by atoms with van der Waals surface area (Å²) in [5.41, 5.74) is 8.73. The van der Waals surface area contributed by atoms with Gasteiger partial charge in [0.25, 0.3) is 0 Å². The van der Waals surface area contributed by atoms with E-state index in [0.29, 0.717) is 29.5 Å². The van der Waals surface area contributed by atoms with Gasteiger partial charge in [-0.05, 0) is 36.8 Å². The molecule has 0 amide bonds. The SMILES string of the molecule is CCOc1c(OC)ccc(/C(=C/C#N)c2ccc(N)cc2)c1OC. The number of anilines is 1. The first kappa shape index (κ1) is 17.2. The van der Waals surface area contributed by atoms with Gasteiger partial charge in [0.2, 0.25) is 5.75 Å². The molecule has 0 saturated heterocycles. The number of allylic oxidation sites excluding steroid dienone is 1. The van der Waals surface area contributed by atoms with Crippen LogP contribution < -0.4 is 19.9 Å². The lowest BCUT2D eigenvalue weighted by Crippen LogP contribution is -2.02. The molecule has 2 N–H and O–H groups in total. The largest absolute Gasteiger partial charge is 0.493 e. The minimum Gasteiger partial charge on any atom is -0.493 e. The zero-order valence-electron chi connectivity index (χ0n) is 14.0. The summed E-state index contributed by atoms with van der Waals surface area (Å²) in [5, 5.41) is 9.20. The number of rotatable bonds is 6. The van der Waals surface area contributed by atoms with Crippen LogP contribution in [0, 0.1) is 11.3 Å². The average molecular weight is 324 g/mol. The summed E-state index contributed by atoms with van der Waals surface area (Å²) in [5.74, 6) is 1.61. The molecular weight excluding hydrogens is 304 g/mol. The molecular formula is C19H20N2O3. The maximum atomic E-state index is 9.20. The van der Waals surface area contributed by atoms with Crippen molar-refractivity contribution in [2.24, 2.45) is 0 Å². The fourth-order valence-electron chi connectivity index (χ4n) is 2.44. The van der Waals surface area contributed by atoms with E-state index in [1.807, 2.05) is 25.1 Å². The number of benzene rings is 2. The first-order valence-corrected chi connectivity index (χ1v) is 7.50. The van der Waals surface area contributed by atoms with Gasteiger partial charge in [0.15, 0.2) is 11.5 Å². The van der Waals surface area contributed by atoms with Gasteiger partial charge in [-0.25, -0.2) is 0 Å². The molecule has 2 aromatic carbocycles. The summed E-state index contributed by atoms with van der Waals surface area (Å²) in [6.45, 7) is 2.35. The molecule has 2 aromatic rings. The zero-order valence-corrected chi connectivity index (χ0v) is 14.0. The van der Waals surface area contributed by atoms with Gasteiger partial charge in [0.1, 0.15) is 0 Å². The predicted molar refractivity (Wildman–Crippen MR) is 94.3 cm³/mol. The number of hydrogen-bond donors (Lipinski definition) is 1. The van der Waals surface area contributed by atoms with Crippen molar-refractivity contribution < 1.29 is 14.2 Å². The van der Waals surface area contributed by atoms with Crippen LogP contribution in [0.3, 0.4) is 0 Å². The second-order valence-corrected chi connectivity index (χ2v) is 4.92. The van der Waals surface area contributed by atoms with Gasteiger partial charge < -0.3 is 19.9 Å². The van der Waals surface area contributed by atoms with Crippen LogP contribution in [0.2, 0.25) is 0 Å². The van der Waals surface area contributed by atoms with Crippen LogP contribution in [-0.2, 0) is 0 Å². The highest BCUT2D eigenvalue weighted by Gasteiger charge is 2.19. The van der Waals surface area contributed by atoms with E-state index in [1.165, 1.54) is 6.08 Å². The lowest BCUT2D eigenvalue weighted by atomic mass is 9.96. The lowest BCUT2D eigenvalue weighted by Gasteiger charge is -2.18. The van der Waals surface area contributed by atoms with Crippen molar-refractivity contribution in [2.75, 3.05) is 26.6 Å². The van der Waals surface area contributed by atoms with E-state index in [2.05, 4.69) is 6.07 Å². The Morgan fingerprint density at radius 2 is 1.79 bits per heavy atom. The highest BCUT2D eigenvalue weighted by Crippen LogP contribution is 2.44. The van der Waals surface area contributed by atoms with Gasteiger partial charge >= 0.3 is 0 Å². The van der Waals surface area contributed by atoms with Gasteiger partial charge in [0, 0.05) is 22.9 Å². The first-order chi connectivity index (χ1) is 11.7. The molecule has 5 nitrogen and oxygen atoms in total. The van der Waals surface area contributed by atoms with Crippen molar-refractivity contribution in [3.63, 3.8) is 0 Å². The van der Waals surface area contributed by atoms with Crippen LogP contribution in [-0.4, -0.2) is 20.8 Å². The fourth-order valence-corrected chi connectivity index (χ4v) is 2.44. The van der Waals surface area contributed by atoms with Gasteiger partial charge in [-0.2, -0.15) is 5.26 Å². The van der Waals surface area contributed by atoms with Crippen molar-refractivity contribution in [3.05, 3.63) is 53.6 Å². The van der Waals surface area contributed by atoms with Crippen LogP contribution in [0.15, 0.2) is 42.5 Å². The van der Waals surface area contributed by atoms with Gasteiger partial charge in [-0.15, -0.1) is 0 Å². The molecule has 0 aliphatic heterocycles. The normalized spacial score (nSPS) is 10.8. The zero-order chi connectivity index (χ0) is 17.5. The highest BCUT2D eigenvalue weighted by molar-refractivity contribution is 5.86. The minimum atomic E-state index is 0.468. The van der Waals surface area contributed by atoms with Crippen LogP contribution in [0.1, 0.15) is 18.1 Å². The molecule has 0 bridgehead atoms. The number of hydrogen-bond acceptors (Lipinski definition) is 5. The Hall–Kier alpha value is -3.13. The molecule has 0 radical (unpaired) electrons. The van der Waals surface area contributed by atoms with Crippen LogP contribution in [0.4, 0.5) is 5.69 Å². The summed E-state index contributed by atoms with van der Waals surface area (Å²) >= 11 is 0. The lowest BCUT2D eigenvalue weighted by molar-refractivity contribution is 0.288. The summed E-state index contributed by atoms with van der Waals surface area (Å²) < 4.78 is 16.6. The Labute approximate surface area is 141 Å². The number of nitrogens with zero attached hydrogens (tertiary/aromatic N) is 1. The number of nitrogens with two attached hydrogens (primary N) is 1. The number of nitrogen functional groups attached to an aromatic ring is 1. The number of methoxy groups -OCH3 is 2. The quantitative estimate of drug-likeness (QED) is 0.648. The molecule has 0 aliphatic rings. The molecule has 0 aromatic heterocycles. The van der Waals surface area contributed by atoms with Gasteiger partial charge in [-0.3, -0.25) is 0 Å². The van der Waals surface area contributed by atoms with Gasteiger partial charge in [0.05, 0.1) is 26.9 Å². The molecule has 124 valence electrons. The summed E-state index contributed by atoms with van der Waals surface area (Å²) in [4.78, 5) is 0.